The molecule has 0 radical (unpaired) electrons. The molecule has 2 unspecified atom stereocenters. The summed E-state index contributed by atoms with van der Waals surface area (Å²) in [5, 5.41) is 2.42. The van der Waals surface area contributed by atoms with Crippen LogP contribution < -0.4 is 4.74 Å². The zero-order valence-electron chi connectivity index (χ0n) is 33.6. The Kier molecular flexibility index (Phi) is 8.56. The van der Waals surface area contributed by atoms with Gasteiger partial charge in [0.25, 0.3) is 0 Å². The Morgan fingerprint density at radius 2 is 0.952 bits per heavy atom. The molecule has 3 heterocycles. The minimum Gasteiger partial charge on any atom is -0.483 e. The van der Waals surface area contributed by atoms with E-state index in [0.29, 0.717) is 17.5 Å². The van der Waals surface area contributed by atoms with Crippen molar-refractivity contribution in [2.75, 3.05) is 0 Å². The minimum absolute atomic E-state index is 0.140. The molecule has 2 aromatic heterocycles. The smallest absolute Gasteiger partial charge is 0.164 e. The van der Waals surface area contributed by atoms with E-state index in [1.807, 2.05) is 30.3 Å². The number of fused-ring (bicyclic) bond motifs is 6. The maximum Gasteiger partial charge on any atom is 0.164 e. The maximum atomic E-state index is 7.10. The van der Waals surface area contributed by atoms with Crippen molar-refractivity contribution < 1.29 is 4.74 Å². The molecule has 0 amide bonds. The molecular weight excluding hydrogens is 757 g/mol. The molecule has 2 atom stereocenters. The molecule has 0 fully saturated rings. The van der Waals surface area contributed by atoms with Crippen LogP contribution in [0.3, 0.4) is 0 Å². The number of ether oxygens (including phenoxy) is 1. The first-order chi connectivity index (χ1) is 30.7. The van der Waals surface area contributed by atoms with Crippen LogP contribution in [-0.4, -0.2) is 25.6 Å². The second-order valence-electron chi connectivity index (χ2n) is 15.9. The molecular formula is C57H38N4O. The summed E-state index contributed by atoms with van der Waals surface area (Å²) in [7, 11) is 0. The Morgan fingerprint density at radius 1 is 0.403 bits per heavy atom. The summed E-state index contributed by atoms with van der Waals surface area (Å²) in [5.74, 6) is 2.65. The van der Waals surface area contributed by atoms with Gasteiger partial charge in [-0.25, -0.2) is 15.0 Å². The zero-order valence-corrected chi connectivity index (χ0v) is 33.6. The number of nitrogens with zero attached hydrogens (tertiary/aromatic N) is 4. The summed E-state index contributed by atoms with van der Waals surface area (Å²) in [6.07, 6.45) is 6.39. The number of allylic oxidation sites excluding steroid dienone is 2. The Balaban J connectivity index is 0.997. The summed E-state index contributed by atoms with van der Waals surface area (Å²) in [6.45, 7) is 0. The molecule has 8 aromatic carbocycles. The average molecular weight is 795 g/mol. The van der Waals surface area contributed by atoms with Crippen LogP contribution in [0.5, 0.6) is 5.75 Å². The largest absolute Gasteiger partial charge is 0.483 e. The third-order valence-corrected chi connectivity index (χ3v) is 12.2. The minimum atomic E-state index is -0.290. The lowest BCUT2D eigenvalue weighted by Gasteiger charge is -2.27. The van der Waals surface area contributed by atoms with Gasteiger partial charge in [0, 0.05) is 44.1 Å². The van der Waals surface area contributed by atoms with Crippen LogP contribution in [0.1, 0.15) is 11.6 Å². The van der Waals surface area contributed by atoms with Crippen LogP contribution in [0.4, 0.5) is 0 Å². The number of benzene rings is 8. The molecule has 5 heteroatoms. The van der Waals surface area contributed by atoms with Gasteiger partial charge in [0.2, 0.25) is 0 Å². The van der Waals surface area contributed by atoms with Crippen molar-refractivity contribution in [3.05, 3.63) is 224 Å². The zero-order chi connectivity index (χ0) is 41.0. The fourth-order valence-electron chi connectivity index (χ4n) is 9.29. The van der Waals surface area contributed by atoms with Crippen molar-refractivity contribution in [3.63, 3.8) is 0 Å². The molecule has 5 nitrogen and oxygen atoms in total. The third-order valence-electron chi connectivity index (χ3n) is 12.2. The van der Waals surface area contributed by atoms with Gasteiger partial charge in [0.05, 0.1) is 11.6 Å². The fraction of sp³-hybridized carbons (Fsp3) is 0.0351. The van der Waals surface area contributed by atoms with Gasteiger partial charge in [0.1, 0.15) is 11.9 Å². The quantitative estimate of drug-likeness (QED) is 0.161. The van der Waals surface area contributed by atoms with E-state index < -0.39 is 0 Å². The van der Waals surface area contributed by atoms with Crippen LogP contribution in [-0.2, 0) is 0 Å². The first-order valence-corrected chi connectivity index (χ1v) is 21.1. The molecule has 1 aliphatic carbocycles. The lowest BCUT2D eigenvalue weighted by Crippen LogP contribution is -2.27. The van der Waals surface area contributed by atoms with E-state index >= 15 is 0 Å². The molecule has 0 saturated heterocycles. The number of hydrogen-bond acceptors (Lipinski definition) is 4. The van der Waals surface area contributed by atoms with E-state index in [1.165, 1.54) is 33.0 Å². The van der Waals surface area contributed by atoms with Gasteiger partial charge in [-0.15, -0.1) is 0 Å². The van der Waals surface area contributed by atoms with Gasteiger partial charge in [-0.05, 0) is 63.7 Å². The van der Waals surface area contributed by atoms with Crippen molar-refractivity contribution in [1.82, 2.24) is 19.5 Å². The third kappa shape index (κ3) is 6.13. The number of aromatic nitrogens is 4. The Hall–Kier alpha value is -8.15. The normalized spacial score (nSPS) is 15.3. The average Bonchev–Trinajstić information content (AvgIpc) is 3.90. The highest BCUT2D eigenvalue weighted by Gasteiger charge is 2.39. The van der Waals surface area contributed by atoms with E-state index in [0.717, 1.165) is 55.7 Å². The molecule has 292 valence electrons. The Labute approximate surface area is 359 Å². The van der Waals surface area contributed by atoms with Gasteiger partial charge in [-0.3, -0.25) is 0 Å². The fourth-order valence-corrected chi connectivity index (χ4v) is 9.29. The maximum absolute atomic E-state index is 7.10. The van der Waals surface area contributed by atoms with Crippen LogP contribution in [0, 0.1) is 0 Å². The van der Waals surface area contributed by atoms with Gasteiger partial charge in [-0.2, -0.15) is 0 Å². The van der Waals surface area contributed by atoms with Crippen molar-refractivity contribution in [2.45, 2.75) is 12.1 Å². The lowest BCUT2D eigenvalue weighted by molar-refractivity contribution is 0.232. The second kappa shape index (κ2) is 14.8. The Bertz CT molecular complexity index is 3370. The Morgan fingerprint density at radius 3 is 1.65 bits per heavy atom. The molecule has 62 heavy (non-hydrogen) atoms. The standard InChI is InChI=1S/C57H38N4O/c1-5-16-37(17-6-1)41-24-13-25-44(34-41)56-58-55(40-22-11-4-12-23-40)59-57(60-56)47-27-15-29-52-53(47)46-26-14-28-50(54(46)62-52)61-49-33-31-42(38-18-7-2-8-19-38)35-48(49)45-32-30-43(36-51(45)61)39-20-9-3-10-21-39/h1-36,50,54H. The molecule has 2 aliphatic rings. The summed E-state index contributed by atoms with van der Waals surface area (Å²) in [4.78, 5) is 15.5. The first kappa shape index (κ1) is 35.8. The highest BCUT2D eigenvalue weighted by Crippen LogP contribution is 2.50. The molecule has 0 N–H and O–H groups in total. The van der Waals surface area contributed by atoms with E-state index in [2.05, 4.69) is 193 Å². The SMILES string of the molecule is C1=CC(n2c3ccc(-c4ccccc4)cc3c3ccc(-c4ccccc4)cc32)C2Oc3cccc(-c4nc(-c5ccccc5)nc(-c5cccc(-c6ccccc6)c5)n4)c3C2=C1. The summed E-state index contributed by atoms with van der Waals surface area (Å²) >= 11 is 0. The summed E-state index contributed by atoms with van der Waals surface area (Å²) in [6, 6.07) is 70.1. The van der Waals surface area contributed by atoms with Crippen LogP contribution >= 0.6 is 0 Å². The summed E-state index contributed by atoms with van der Waals surface area (Å²) in [5.41, 5.74) is 14.2. The van der Waals surface area contributed by atoms with Crippen molar-refractivity contribution in [1.29, 1.82) is 0 Å². The van der Waals surface area contributed by atoms with Crippen molar-refractivity contribution >= 4 is 27.4 Å². The number of rotatable bonds is 7. The van der Waals surface area contributed by atoms with Gasteiger partial charge < -0.3 is 9.30 Å². The molecule has 0 spiro atoms. The van der Waals surface area contributed by atoms with Gasteiger partial charge in [0.15, 0.2) is 17.5 Å². The van der Waals surface area contributed by atoms with E-state index in [9.17, 15) is 0 Å². The van der Waals surface area contributed by atoms with Gasteiger partial charge in [-0.1, -0.05) is 188 Å². The molecule has 10 aromatic rings. The topological polar surface area (TPSA) is 52.8 Å². The molecule has 12 rings (SSSR count). The van der Waals surface area contributed by atoms with Crippen molar-refractivity contribution in [3.8, 4) is 73.3 Å². The highest BCUT2D eigenvalue weighted by atomic mass is 16.5. The van der Waals surface area contributed by atoms with Crippen LogP contribution in [0.15, 0.2) is 218 Å². The van der Waals surface area contributed by atoms with E-state index in [4.69, 9.17) is 19.7 Å². The molecule has 1 aliphatic heterocycles. The summed E-state index contributed by atoms with van der Waals surface area (Å²) < 4.78 is 9.58. The van der Waals surface area contributed by atoms with E-state index in [-0.39, 0.29) is 12.1 Å². The lowest BCUT2D eigenvalue weighted by atomic mass is 9.90. The van der Waals surface area contributed by atoms with Gasteiger partial charge >= 0.3 is 0 Å². The molecule has 0 saturated carbocycles. The van der Waals surface area contributed by atoms with Crippen molar-refractivity contribution in [2.24, 2.45) is 0 Å². The monoisotopic (exact) mass is 794 g/mol. The molecule has 0 bridgehead atoms. The highest BCUT2D eigenvalue weighted by molar-refractivity contribution is 6.10. The first-order valence-electron chi connectivity index (χ1n) is 21.1. The van der Waals surface area contributed by atoms with Crippen LogP contribution in [0.2, 0.25) is 0 Å². The van der Waals surface area contributed by atoms with E-state index in [1.54, 1.807) is 0 Å². The number of hydrogen-bond donors (Lipinski definition) is 0. The predicted molar refractivity (Wildman–Crippen MR) is 252 cm³/mol. The second-order valence-corrected chi connectivity index (χ2v) is 15.9. The van der Waals surface area contributed by atoms with Crippen LogP contribution in [0.25, 0.3) is 94.9 Å². The predicted octanol–water partition coefficient (Wildman–Crippen LogP) is 13.9.